The SMILES string of the molecule is O=S(=O)(O)c1ccc(-c2cnco2)nc1. The fraction of sp³-hybridized carbons (Fsp3) is 0. The van der Waals surface area contributed by atoms with Crippen LogP contribution in [0, 0.1) is 0 Å². The van der Waals surface area contributed by atoms with E-state index >= 15 is 0 Å². The van der Waals surface area contributed by atoms with Crippen molar-refractivity contribution in [3.05, 3.63) is 30.9 Å². The molecular weight excluding hydrogens is 220 g/mol. The first kappa shape index (κ1) is 9.81. The van der Waals surface area contributed by atoms with Gasteiger partial charge in [-0.05, 0) is 12.1 Å². The number of hydrogen-bond donors (Lipinski definition) is 1. The summed E-state index contributed by atoms with van der Waals surface area (Å²) < 4.78 is 35.1. The Balaban J connectivity index is 2.42. The monoisotopic (exact) mass is 226 g/mol. The number of hydrogen-bond acceptors (Lipinski definition) is 5. The van der Waals surface area contributed by atoms with E-state index in [9.17, 15) is 8.42 Å². The highest BCUT2D eigenvalue weighted by atomic mass is 32.2. The molecule has 0 saturated heterocycles. The lowest BCUT2D eigenvalue weighted by Crippen LogP contribution is -1.98. The largest absolute Gasteiger partial charge is 0.442 e. The lowest BCUT2D eigenvalue weighted by atomic mass is 10.3. The van der Waals surface area contributed by atoms with Crippen molar-refractivity contribution in [1.82, 2.24) is 9.97 Å². The van der Waals surface area contributed by atoms with Crippen molar-refractivity contribution in [2.45, 2.75) is 4.90 Å². The van der Waals surface area contributed by atoms with Gasteiger partial charge in [0.25, 0.3) is 10.1 Å². The Morgan fingerprint density at radius 2 is 2.07 bits per heavy atom. The third-order valence-electron chi connectivity index (χ3n) is 1.72. The first-order valence-electron chi connectivity index (χ1n) is 3.90. The van der Waals surface area contributed by atoms with Crippen LogP contribution in [0.3, 0.4) is 0 Å². The van der Waals surface area contributed by atoms with Crippen LogP contribution in [0.2, 0.25) is 0 Å². The molecule has 2 aromatic heterocycles. The normalized spacial score (nSPS) is 11.5. The maximum atomic E-state index is 10.7. The Bertz CT molecular complexity index is 545. The highest BCUT2D eigenvalue weighted by molar-refractivity contribution is 7.85. The van der Waals surface area contributed by atoms with Crippen LogP contribution in [0.4, 0.5) is 0 Å². The van der Waals surface area contributed by atoms with Gasteiger partial charge in [0.05, 0.1) is 6.20 Å². The van der Waals surface area contributed by atoms with Gasteiger partial charge < -0.3 is 4.42 Å². The maximum absolute atomic E-state index is 10.7. The van der Waals surface area contributed by atoms with Crippen LogP contribution in [-0.4, -0.2) is 22.9 Å². The Morgan fingerprint density at radius 1 is 1.27 bits per heavy atom. The van der Waals surface area contributed by atoms with E-state index in [-0.39, 0.29) is 4.90 Å². The Hall–Kier alpha value is -1.73. The zero-order chi connectivity index (χ0) is 10.9. The molecule has 0 aliphatic heterocycles. The third kappa shape index (κ3) is 2.03. The molecule has 0 atom stereocenters. The second-order valence-electron chi connectivity index (χ2n) is 2.72. The van der Waals surface area contributed by atoms with E-state index in [1.165, 1.54) is 24.7 Å². The summed E-state index contributed by atoms with van der Waals surface area (Å²) in [5.74, 6) is 0.428. The zero-order valence-electron chi connectivity index (χ0n) is 7.36. The maximum Gasteiger partial charge on any atom is 0.296 e. The van der Waals surface area contributed by atoms with Crippen LogP contribution in [0.5, 0.6) is 0 Å². The quantitative estimate of drug-likeness (QED) is 0.767. The van der Waals surface area contributed by atoms with Crippen molar-refractivity contribution in [3.63, 3.8) is 0 Å². The standard InChI is InChI=1S/C8H6N2O4S/c11-15(12,13)6-1-2-7(10-3-6)8-4-9-5-14-8/h1-5H,(H,11,12,13). The second-order valence-corrected chi connectivity index (χ2v) is 4.14. The first-order chi connectivity index (χ1) is 7.07. The molecule has 0 amide bonds. The van der Waals surface area contributed by atoms with Gasteiger partial charge in [-0.2, -0.15) is 8.42 Å². The number of aromatic nitrogens is 2. The summed E-state index contributed by atoms with van der Waals surface area (Å²) in [7, 11) is -4.20. The van der Waals surface area contributed by atoms with E-state index in [1.807, 2.05) is 0 Å². The van der Waals surface area contributed by atoms with Crippen LogP contribution >= 0.6 is 0 Å². The molecule has 0 aliphatic rings. The Kier molecular flexibility index (Phi) is 2.25. The molecule has 2 rings (SSSR count). The van der Waals surface area contributed by atoms with Crippen LogP contribution in [0.25, 0.3) is 11.5 Å². The molecule has 0 saturated carbocycles. The molecule has 0 radical (unpaired) electrons. The van der Waals surface area contributed by atoms with Gasteiger partial charge in [0.1, 0.15) is 10.6 Å². The number of oxazole rings is 1. The molecular formula is C8H6N2O4S. The fourth-order valence-corrected chi connectivity index (χ4v) is 1.45. The molecule has 2 aromatic rings. The first-order valence-corrected chi connectivity index (χ1v) is 5.34. The molecule has 7 heteroatoms. The van der Waals surface area contributed by atoms with Gasteiger partial charge in [-0.1, -0.05) is 0 Å². The van der Waals surface area contributed by atoms with Gasteiger partial charge in [-0.15, -0.1) is 0 Å². The van der Waals surface area contributed by atoms with E-state index in [2.05, 4.69) is 9.97 Å². The summed E-state index contributed by atoms with van der Waals surface area (Å²) in [6, 6.07) is 2.66. The predicted molar refractivity (Wildman–Crippen MR) is 49.5 cm³/mol. The van der Waals surface area contributed by atoms with Crippen molar-refractivity contribution in [3.8, 4) is 11.5 Å². The average molecular weight is 226 g/mol. The van der Waals surface area contributed by atoms with Crippen molar-refractivity contribution in [2.75, 3.05) is 0 Å². The van der Waals surface area contributed by atoms with Crippen LogP contribution in [0.15, 0.2) is 40.2 Å². The molecule has 0 aromatic carbocycles. The molecule has 0 aliphatic carbocycles. The summed E-state index contributed by atoms with van der Waals surface area (Å²) in [6.45, 7) is 0. The van der Waals surface area contributed by atoms with E-state index in [1.54, 1.807) is 0 Å². The number of nitrogens with zero attached hydrogens (tertiary/aromatic N) is 2. The lowest BCUT2D eigenvalue weighted by Gasteiger charge is -1.97. The van der Waals surface area contributed by atoms with Gasteiger partial charge in [0, 0.05) is 6.20 Å². The van der Waals surface area contributed by atoms with Crippen molar-refractivity contribution in [2.24, 2.45) is 0 Å². The van der Waals surface area contributed by atoms with Crippen LogP contribution in [0.1, 0.15) is 0 Å². The minimum atomic E-state index is -4.20. The Morgan fingerprint density at radius 3 is 2.53 bits per heavy atom. The molecule has 6 nitrogen and oxygen atoms in total. The summed E-state index contributed by atoms with van der Waals surface area (Å²) in [6.07, 6.45) is 3.75. The molecule has 15 heavy (non-hydrogen) atoms. The molecule has 0 bridgehead atoms. The predicted octanol–water partition coefficient (Wildman–Crippen LogP) is 0.983. The molecule has 0 spiro atoms. The van der Waals surface area contributed by atoms with E-state index in [4.69, 9.17) is 8.97 Å². The smallest absolute Gasteiger partial charge is 0.296 e. The lowest BCUT2D eigenvalue weighted by molar-refractivity contribution is 0.482. The number of rotatable bonds is 2. The van der Waals surface area contributed by atoms with Gasteiger partial charge in [-0.3, -0.25) is 9.54 Å². The summed E-state index contributed by atoms with van der Waals surface area (Å²) in [5.41, 5.74) is 0.444. The van der Waals surface area contributed by atoms with Gasteiger partial charge >= 0.3 is 0 Å². The van der Waals surface area contributed by atoms with Crippen LogP contribution in [-0.2, 0) is 10.1 Å². The van der Waals surface area contributed by atoms with E-state index < -0.39 is 10.1 Å². The van der Waals surface area contributed by atoms with Crippen molar-refractivity contribution < 1.29 is 17.4 Å². The molecule has 78 valence electrons. The second kappa shape index (κ2) is 3.44. The van der Waals surface area contributed by atoms with Crippen LogP contribution < -0.4 is 0 Å². The highest BCUT2D eigenvalue weighted by Gasteiger charge is 2.10. The summed E-state index contributed by atoms with van der Waals surface area (Å²) in [4.78, 5) is 7.25. The fourth-order valence-electron chi connectivity index (χ4n) is 1.02. The highest BCUT2D eigenvalue weighted by Crippen LogP contribution is 2.17. The molecule has 0 fully saturated rings. The van der Waals surface area contributed by atoms with E-state index in [0.29, 0.717) is 11.5 Å². The summed E-state index contributed by atoms with van der Waals surface area (Å²) >= 11 is 0. The molecule has 1 N–H and O–H groups in total. The minimum Gasteiger partial charge on any atom is -0.442 e. The van der Waals surface area contributed by atoms with Crippen molar-refractivity contribution in [1.29, 1.82) is 0 Å². The molecule has 2 heterocycles. The molecule has 0 unspecified atom stereocenters. The third-order valence-corrected chi connectivity index (χ3v) is 2.56. The van der Waals surface area contributed by atoms with Gasteiger partial charge in [0.2, 0.25) is 0 Å². The topological polar surface area (TPSA) is 93.3 Å². The van der Waals surface area contributed by atoms with E-state index in [0.717, 1.165) is 6.20 Å². The Labute approximate surface area is 85.4 Å². The zero-order valence-corrected chi connectivity index (χ0v) is 8.18. The summed E-state index contributed by atoms with van der Waals surface area (Å²) in [5, 5.41) is 0. The average Bonchev–Trinajstić information content (AvgIpc) is 2.69. The number of pyridine rings is 1. The van der Waals surface area contributed by atoms with Gasteiger partial charge in [0.15, 0.2) is 12.2 Å². The van der Waals surface area contributed by atoms with Crippen molar-refractivity contribution >= 4 is 10.1 Å². The minimum absolute atomic E-state index is 0.259. The van der Waals surface area contributed by atoms with Gasteiger partial charge in [-0.25, -0.2) is 4.98 Å².